The maximum atomic E-state index is 11.9. The molecule has 2 rings (SSSR count). The highest BCUT2D eigenvalue weighted by molar-refractivity contribution is 9.10. The van der Waals surface area contributed by atoms with Gasteiger partial charge in [0.25, 0.3) is 0 Å². The SMILES string of the molecule is C=C(C)C(=O)c1ccc(OCc2ncc(C)o2)cc1Br. The molecule has 1 aromatic heterocycles. The van der Waals surface area contributed by atoms with Gasteiger partial charge in [0.05, 0.1) is 6.20 Å². The monoisotopic (exact) mass is 335 g/mol. The second-order valence-corrected chi connectivity index (χ2v) is 5.26. The number of aryl methyl sites for hydroxylation is 1. The summed E-state index contributed by atoms with van der Waals surface area (Å²) in [7, 11) is 0. The number of oxazole rings is 1. The third kappa shape index (κ3) is 3.36. The van der Waals surface area contributed by atoms with Gasteiger partial charge in [-0.3, -0.25) is 4.79 Å². The molecule has 0 fully saturated rings. The van der Waals surface area contributed by atoms with E-state index in [0.717, 1.165) is 5.76 Å². The summed E-state index contributed by atoms with van der Waals surface area (Å²) in [5.41, 5.74) is 1.06. The predicted octanol–water partition coefficient (Wildman–Crippen LogP) is 4.08. The fourth-order valence-electron chi connectivity index (χ4n) is 1.61. The first-order chi connectivity index (χ1) is 9.47. The smallest absolute Gasteiger partial charge is 0.232 e. The Morgan fingerprint density at radius 3 is 2.80 bits per heavy atom. The Labute approximate surface area is 125 Å². The van der Waals surface area contributed by atoms with E-state index < -0.39 is 0 Å². The molecule has 0 unspecified atom stereocenters. The van der Waals surface area contributed by atoms with E-state index in [2.05, 4.69) is 27.5 Å². The molecular weight excluding hydrogens is 322 g/mol. The lowest BCUT2D eigenvalue weighted by Crippen LogP contribution is -2.01. The van der Waals surface area contributed by atoms with Crippen LogP contribution in [0.25, 0.3) is 0 Å². The molecule has 0 spiro atoms. The second-order valence-electron chi connectivity index (χ2n) is 4.40. The first-order valence-electron chi connectivity index (χ1n) is 6.01. The summed E-state index contributed by atoms with van der Waals surface area (Å²) in [5.74, 6) is 1.80. The van der Waals surface area contributed by atoms with Crippen LogP contribution in [-0.2, 0) is 6.61 Å². The van der Waals surface area contributed by atoms with E-state index in [1.807, 2.05) is 6.92 Å². The van der Waals surface area contributed by atoms with Gasteiger partial charge in [-0.05, 0) is 53.5 Å². The first-order valence-corrected chi connectivity index (χ1v) is 6.80. The Morgan fingerprint density at radius 1 is 1.50 bits per heavy atom. The van der Waals surface area contributed by atoms with Gasteiger partial charge in [0.15, 0.2) is 12.4 Å². The molecule has 0 saturated carbocycles. The number of hydrogen-bond acceptors (Lipinski definition) is 4. The molecule has 104 valence electrons. The van der Waals surface area contributed by atoms with Crippen molar-refractivity contribution < 1.29 is 13.9 Å². The number of carbonyl (C=O) groups excluding carboxylic acids is 1. The standard InChI is InChI=1S/C15H14BrNO3/c1-9(2)15(18)12-5-4-11(6-13(12)16)19-8-14-17-7-10(3)20-14/h4-7H,1,8H2,2-3H3. The summed E-state index contributed by atoms with van der Waals surface area (Å²) in [6, 6.07) is 5.18. The van der Waals surface area contributed by atoms with E-state index in [1.54, 1.807) is 31.3 Å². The van der Waals surface area contributed by atoms with E-state index in [9.17, 15) is 4.79 Å². The van der Waals surface area contributed by atoms with Crippen LogP contribution in [-0.4, -0.2) is 10.8 Å². The number of halogens is 1. The minimum atomic E-state index is -0.0910. The van der Waals surface area contributed by atoms with Crippen LogP contribution in [0.1, 0.15) is 28.9 Å². The van der Waals surface area contributed by atoms with Crippen molar-refractivity contribution in [3.8, 4) is 5.75 Å². The molecule has 0 aliphatic heterocycles. The van der Waals surface area contributed by atoms with Gasteiger partial charge in [-0.25, -0.2) is 4.98 Å². The molecule has 20 heavy (non-hydrogen) atoms. The lowest BCUT2D eigenvalue weighted by Gasteiger charge is -2.07. The van der Waals surface area contributed by atoms with Crippen LogP contribution in [0.4, 0.5) is 0 Å². The molecular formula is C15H14BrNO3. The molecule has 1 aromatic carbocycles. The molecule has 2 aromatic rings. The van der Waals surface area contributed by atoms with Crippen molar-refractivity contribution in [2.45, 2.75) is 20.5 Å². The maximum absolute atomic E-state index is 11.9. The fraction of sp³-hybridized carbons (Fsp3) is 0.200. The van der Waals surface area contributed by atoms with Crippen molar-refractivity contribution in [2.75, 3.05) is 0 Å². The van der Waals surface area contributed by atoms with Gasteiger partial charge in [-0.2, -0.15) is 0 Å². The highest BCUT2D eigenvalue weighted by Gasteiger charge is 2.12. The minimum absolute atomic E-state index is 0.0910. The van der Waals surface area contributed by atoms with Gasteiger partial charge in [0.1, 0.15) is 11.5 Å². The number of rotatable bonds is 5. The van der Waals surface area contributed by atoms with Crippen LogP contribution >= 0.6 is 15.9 Å². The van der Waals surface area contributed by atoms with Gasteiger partial charge in [-0.15, -0.1) is 0 Å². The van der Waals surface area contributed by atoms with Crippen LogP contribution in [0.15, 0.2) is 45.4 Å². The summed E-state index contributed by atoms with van der Waals surface area (Å²) in [4.78, 5) is 15.9. The number of nitrogens with zero attached hydrogens (tertiary/aromatic N) is 1. The van der Waals surface area contributed by atoms with E-state index in [0.29, 0.717) is 27.2 Å². The Balaban J connectivity index is 2.09. The molecule has 4 nitrogen and oxygen atoms in total. The molecule has 1 heterocycles. The number of Topliss-reactive ketones (excluding diaryl/α,β-unsaturated/α-hetero) is 1. The molecule has 5 heteroatoms. The highest BCUT2D eigenvalue weighted by atomic mass is 79.9. The zero-order valence-electron chi connectivity index (χ0n) is 11.3. The largest absolute Gasteiger partial charge is 0.484 e. The van der Waals surface area contributed by atoms with Crippen LogP contribution < -0.4 is 4.74 Å². The van der Waals surface area contributed by atoms with E-state index >= 15 is 0 Å². The second kappa shape index (κ2) is 6.05. The van der Waals surface area contributed by atoms with Crippen molar-refractivity contribution in [2.24, 2.45) is 0 Å². The average molecular weight is 336 g/mol. The van der Waals surface area contributed by atoms with Gasteiger partial charge in [0.2, 0.25) is 5.89 Å². The Bertz CT molecular complexity index is 661. The van der Waals surface area contributed by atoms with Crippen molar-refractivity contribution in [1.29, 1.82) is 0 Å². The average Bonchev–Trinajstić information content (AvgIpc) is 2.81. The summed E-state index contributed by atoms with van der Waals surface area (Å²) in [6.07, 6.45) is 1.64. The van der Waals surface area contributed by atoms with Crippen LogP contribution in [0, 0.1) is 6.92 Å². The summed E-state index contributed by atoms with van der Waals surface area (Å²) in [6.45, 7) is 7.40. The van der Waals surface area contributed by atoms with Crippen LogP contribution in [0.2, 0.25) is 0 Å². The van der Waals surface area contributed by atoms with Crippen molar-refractivity contribution in [3.05, 3.63) is 58.2 Å². The van der Waals surface area contributed by atoms with Gasteiger partial charge in [-0.1, -0.05) is 6.58 Å². The normalized spacial score (nSPS) is 10.3. The molecule has 0 saturated heterocycles. The number of carbonyl (C=O) groups is 1. The topological polar surface area (TPSA) is 52.3 Å². The molecule has 0 bridgehead atoms. The van der Waals surface area contributed by atoms with E-state index in [1.165, 1.54) is 0 Å². The molecule has 0 aliphatic carbocycles. The Morgan fingerprint density at radius 2 is 2.25 bits per heavy atom. The Kier molecular flexibility index (Phi) is 4.39. The summed E-state index contributed by atoms with van der Waals surface area (Å²) >= 11 is 3.37. The Hall–Kier alpha value is -1.88. The number of benzene rings is 1. The number of hydrogen-bond donors (Lipinski definition) is 0. The van der Waals surface area contributed by atoms with Crippen molar-refractivity contribution >= 4 is 21.7 Å². The highest BCUT2D eigenvalue weighted by Crippen LogP contribution is 2.25. The molecule has 0 N–H and O–H groups in total. The quantitative estimate of drug-likeness (QED) is 0.610. The van der Waals surface area contributed by atoms with E-state index in [-0.39, 0.29) is 12.4 Å². The lowest BCUT2D eigenvalue weighted by molar-refractivity contribution is 0.103. The summed E-state index contributed by atoms with van der Waals surface area (Å²) < 4.78 is 11.5. The zero-order chi connectivity index (χ0) is 14.7. The predicted molar refractivity (Wildman–Crippen MR) is 78.9 cm³/mol. The summed E-state index contributed by atoms with van der Waals surface area (Å²) in [5, 5.41) is 0. The fourth-order valence-corrected chi connectivity index (χ4v) is 2.15. The third-order valence-electron chi connectivity index (χ3n) is 2.60. The molecule has 0 amide bonds. The van der Waals surface area contributed by atoms with Crippen molar-refractivity contribution in [3.63, 3.8) is 0 Å². The zero-order valence-corrected chi connectivity index (χ0v) is 12.9. The molecule has 0 aliphatic rings. The number of ether oxygens (including phenoxy) is 1. The third-order valence-corrected chi connectivity index (χ3v) is 3.26. The lowest BCUT2D eigenvalue weighted by atomic mass is 10.1. The number of allylic oxidation sites excluding steroid dienone is 1. The number of aromatic nitrogens is 1. The van der Waals surface area contributed by atoms with Crippen LogP contribution in [0.5, 0.6) is 5.75 Å². The minimum Gasteiger partial charge on any atom is -0.484 e. The van der Waals surface area contributed by atoms with Gasteiger partial charge >= 0.3 is 0 Å². The van der Waals surface area contributed by atoms with E-state index in [4.69, 9.17) is 9.15 Å². The maximum Gasteiger partial charge on any atom is 0.232 e. The van der Waals surface area contributed by atoms with Crippen LogP contribution in [0.3, 0.4) is 0 Å². The molecule has 0 atom stereocenters. The van der Waals surface area contributed by atoms with Gasteiger partial charge in [0, 0.05) is 10.0 Å². The first kappa shape index (κ1) is 14.5. The van der Waals surface area contributed by atoms with Crippen molar-refractivity contribution in [1.82, 2.24) is 4.98 Å². The molecule has 0 radical (unpaired) electrons. The van der Waals surface area contributed by atoms with Gasteiger partial charge < -0.3 is 9.15 Å². The number of ketones is 1.